The molecular formula is C10H17NO3. The van der Waals surface area contributed by atoms with Crippen LogP contribution in [0.5, 0.6) is 0 Å². The smallest absolute Gasteiger partial charge is 0.228 e. The summed E-state index contributed by atoms with van der Waals surface area (Å²) in [7, 11) is 0. The van der Waals surface area contributed by atoms with Gasteiger partial charge >= 0.3 is 0 Å². The summed E-state index contributed by atoms with van der Waals surface area (Å²) in [5.74, 6) is 0.173. The summed E-state index contributed by atoms with van der Waals surface area (Å²) >= 11 is 0. The van der Waals surface area contributed by atoms with Crippen LogP contribution in [0.4, 0.5) is 0 Å². The maximum Gasteiger partial charge on any atom is 0.228 e. The summed E-state index contributed by atoms with van der Waals surface area (Å²) in [6.45, 7) is 3.83. The van der Waals surface area contributed by atoms with Gasteiger partial charge in [0.05, 0.1) is 18.1 Å². The molecule has 1 amide bonds. The van der Waals surface area contributed by atoms with Crippen LogP contribution in [-0.2, 0) is 9.53 Å². The standard InChI is InChI=1S/C10H17NO3/c1-7-9(3-5-14-7)10(13)11-4-2-8(12)6-11/h7-9,12H,2-6H2,1H3. The van der Waals surface area contributed by atoms with E-state index in [1.165, 1.54) is 0 Å². The highest BCUT2D eigenvalue weighted by Crippen LogP contribution is 2.24. The van der Waals surface area contributed by atoms with Gasteiger partial charge in [0.1, 0.15) is 0 Å². The maximum absolute atomic E-state index is 11.9. The monoisotopic (exact) mass is 199 g/mol. The number of likely N-dealkylation sites (tertiary alicyclic amines) is 1. The molecule has 2 saturated heterocycles. The fourth-order valence-corrected chi connectivity index (χ4v) is 2.23. The van der Waals surface area contributed by atoms with Crippen LogP contribution in [0.25, 0.3) is 0 Å². The highest BCUT2D eigenvalue weighted by atomic mass is 16.5. The molecule has 3 atom stereocenters. The normalized spacial score (nSPS) is 37.9. The van der Waals surface area contributed by atoms with Gasteiger partial charge in [0, 0.05) is 19.7 Å². The third-order valence-corrected chi connectivity index (χ3v) is 3.17. The van der Waals surface area contributed by atoms with Crippen molar-refractivity contribution in [2.75, 3.05) is 19.7 Å². The molecule has 14 heavy (non-hydrogen) atoms. The number of carbonyl (C=O) groups excluding carboxylic acids is 1. The molecule has 0 aromatic rings. The van der Waals surface area contributed by atoms with Crippen molar-refractivity contribution in [2.45, 2.75) is 32.0 Å². The van der Waals surface area contributed by atoms with Crippen molar-refractivity contribution in [3.63, 3.8) is 0 Å². The molecule has 0 spiro atoms. The predicted molar refractivity (Wildman–Crippen MR) is 50.7 cm³/mol. The van der Waals surface area contributed by atoms with Gasteiger partial charge in [0.25, 0.3) is 0 Å². The lowest BCUT2D eigenvalue weighted by Crippen LogP contribution is -2.37. The van der Waals surface area contributed by atoms with Gasteiger partial charge in [0.15, 0.2) is 0 Å². The molecule has 2 rings (SSSR count). The Bertz CT molecular complexity index is 231. The molecular weight excluding hydrogens is 182 g/mol. The van der Waals surface area contributed by atoms with E-state index in [1.54, 1.807) is 4.90 Å². The SMILES string of the molecule is CC1OCCC1C(=O)N1CCC(O)C1. The average Bonchev–Trinajstić information content (AvgIpc) is 2.73. The van der Waals surface area contributed by atoms with Crippen LogP contribution in [-0.4, -0.2) is 47.8 Å². The van der Waals surface area contributed by atoms with Gasteiger partial charge in [-0.2, -0.15) is 0 Å². The molecule has 2 aliphatic heterocycles. The van der Waals surface area contributed by atoms with Crippen LogP contribution < -0.4 is 0 Å². The maximum atomic E-state index is 11.9. The van der Waals surface area contributed by atoms with Crippen molar-refractivity contribution >= 4 is 5.91 Å². The summed E-state index contributed by atoms with van der Waals surface area (Å²) in [5, 5.41) is 9.33. The third kappa shape index (κ3) is 1.77. The lowest BCUT2D eigenvalue weighted by molar-refractivity contribution is -0.136. The first-order valence-electron chi connectivity index (χ1n) is 5.27. The highest BCUT2D eigenvalue weighted by Gasteiger charge is 2.36. The number of carbonyl (C=O) groups is 1. The highest BCUT2D eigenvalue weighted by molar-refractivity contribution is 5.80. The van der Waals surface area contributed by atoms with E-state index in [0.717, 1.165) is 6.42 Å². The molecule has 2 heterocycles. The van der Waals surface area contributed by atoms with E-state index in [-0.39, 0.29) is 24.0 Å². The zero-order chi connectivity index (χ0) is 10.1. The molecule has 3 unspecified atom stereocenters. The van der Waals surface area contributed by atoms with Gasteiger partial charge in [0.2, 0.25) is 5.91 Å². The lowest BCUT2D eigenvalue weighted by atomic mass is 10.0. The molecule has 0 radical (unpaired) electrons. The van der Waals surface area contributed by atoms with Crippen molar-refractivity contribution in [1.82, 2.24) is 4.90 Å². The Hall–Kier alpha value is -0.610. The van der Waals surface area contributed by atoms with Gasteiger partial charge < -0.3 is 14.7 Å². The second kappa shape index (κ2) is 3.87. The fraction of sp³-hybridized carbons (Fsp3) is 0.900. The summed E-state index contributed by atoms with van der Waals surface area (Å²) in [6, 6.07) is 0. The van der Waals surface area contributed by atoms with Crippen molar-refractivity contribution in [3.05, 3.63) is 0 Å². The average molecular weight is 199 g/mol. The largest absolute Gasteiger partial charge is 0.391 e. The summed E-state index contributed by atoms with van der Waals surface area (Å²) in [6.07, 6.45) is 1.26. The van der Waals surface area contributed by atoms with E-state index in [4.69, 9.17) is 4.74 Å². The number of β-amino-alcohol motifs (C(OH)–C–C–N with tert-alkyl or cyclic N) is 1. The van der Waals surface area contributed by atoms with E-state index < -0.39 is 0 Å². The van der Waals surface area contributed by atoms with Crippen molar-refractivity contribution in [1.29, 1.82) is 0 Å². The minimum absolute atomic E-state index is 0.0142. The van der Waals surface area contributed by atoms with Gasteiger partial charge in [-0.1, -0.05) is 0 Å². The van der Waals surface area contributed by atoms with E-state index in [0.29, 0.717) is 26.1 Å². The number of ether oxygens (including phenoxy) is 1. The number of rotatable bonds is 1. The van der Waals surface area contributed by atoms with E-state index in [9.17, 15) is 9.90 Å². The molecule has 0 aromatic heterocycles. The molecule has 80 valence electrons. The molecule has 0 aromatic carbocycles. The van der Waals surface area contributed by atoms with E-state index in [2.05, 4.69) is 0 Å². The number of nitrogens with zero attached hydrogens (tertiary/aromatic N) is 1. The minimum atomic E-state index is -0.323. The van der Waals surface area contributed by atoms with Gasteiger partial charge in [-0.15, -0.1) is 0 Å². The number of amides is 1. The van der Waals surface area contributed by atoms with Gasteiger partial charge in [-0.05, 0) is 19.8 Å². The first-order chi connectivity index (χ1) is 6.68. The molecule has 2 aliphatic rings. The molecule has 2 fully saturated rings. The van der Waals surface area contributed by atoms with Crippen LogP contribution in [0.3, 0.4) is 0 Å². The van der Waals surface area contributed by atoms with Crippen molar-refractivity contribution in [3.8, 4) is 0 Å². The summed E-state index contributed by atoms with van der Waals surface area (Å²) in [4.78, 5) is 13.7. The number of hydrogen-bond donors (Lipinski definition) is 1. The van der Waals surface area contributed by atoms with Crippen LogP contribution in [0.2, 0.25) is 0 Å². The molecule has 4 heteroatoms. The lowest BCUT2D eigenvalue weighted by Gasteiger charge is -2.21. The molecule has 0 aliphatic carbocycles. The number of aliphatic hydroxyl groups is 1. The fourth-order valence-electron chi connectivity index (χ4n) is 2.23. The van der Waals surface area contributed by atoms with E-state index in [1.807, 2.05) is 6.92 Å². The first kappa shape index (κ1) is 9.93. The Morgan fingerprint density at radius 1 is 1.50 bits per heavy atom. The van der Waals surface area contributed by atoms with E-state index >= 15 is 0 Å². The van der Waals surface area contributed by atoms with Crippen LogP contribution >= 0.6 is 0 Å². The van der Waals surface area contributed by atoms with Crippen LogP contribution in [0.15, 0.2) is 0 Å². The van der Waals surface area contributed by atoms with Crippen LogP contribution in [0, 0.1) is 5.92 Å². The summed E-state index contributed by atoms with van der Waals surface area (Å²) in [5.41, 5.74) is 0. The Kier molecular flexibility index (Phi) is 2.74. The Morgan fingerprint density at radius 3 is 2.79 bits per heavy atom. The quantitative estimate of drug-likeness (QED) is 0.647. The topological polar surface area (TPSA) is 49.8 Å². The van der Waals surface area contributed by atoms with Crippen LogP contribution in [0.1, 0.15) is 19.8 Å². The Labute approximate surface area is 83.8 Å². The summed E-state index contributed by atoms with van der Waals surface area (Å²) < 4.78 is 5.36. The molecule has 0 saturated carbocycles. The number of aliphatic hydroxyl groups excluding tert-OH is 1. The van der Waals surface area contributed by atoms with Crippen molar-refractivity contribution in [2.24, 2.45) is 5.92 Å². The first-order valence-corrected chi connectivity index (χ1v) is 5.27. The molecule has 0 bridgehead atoms. The molecule has 4 nitrogen and oxygen atoms in total. The second-order valence-electron chi connectivity index (χ2n) is 4.20. The van der Waals surface area contributed by atoms with Gasteiger partial charge in [-0.25, -0.2) is 0 Å². The second-order valence-corrected chi connectivity index (χ2v) is 4.20. The van der Waals surface area contributed by atoms with Crippen molar-refractivity contribution < 1.29 is 14.6 Å². The Balaban J connectivity index is 1.94. The number of hydrogen-bond acceptors (Lipinski definition) is 3. The zero-order valence-corrected chi connectivity index (χ0v) is 8.48. The minimum Gasteiger partial charge on any atom is -0.391 e. The van der Waals surface area contributed by atoms with Gasteiger partial charge in [-0.3, -0.25) is 4.79 Å². The third-order valence-electron chi connectivity index (χ3n) is 3.17. The zero-order valence-electron chi connectivity index (χ0n) is 8.48. The predicted octanol–water partition coefficient (Wildman–Crippen LogP) is 0.00460. The Morgan fingerprint density at radius 2 is 2.29 bits per heavy atom. The molecule has 1 N–H and O–H groups in total.